The molecule has 0 saturated carbocycles. The average Bonchev–Trinajstić information content (AvgIpc) is 3.57. The number of fused-ring (bicyclic) bond motifs is 1. The van der Waals surface area contributed by atoms with E-state index < -0.39 is 0 Å². The summed E-state index contributed by atoms with van der Waals surface area (Å²) in [7, 11) is 0. The Morgan fingerprint density at radius 2 is 1.94 bits per heavy atom. The van der Waals surface area contributed by atoms with Crippen LogP contribution in [0.5, 0.6) is 0 Å². The fourth-order valence-electron chi connectivity index (χ4n) is 4.83. The van der Waals surface area contributed by atoms with E-state index in [-0.39, 0.29) is 0 Å². The van der Waals surface area contributed by atoms with Crippen LogP contribution in [0.2, 0.25) is 0 Å². The third kappa shape index (κ3) is 3.81. The summed E-state index contributed by atoms with van der Waals surface area (Å²) in [5.41, 5.74) is 3.62. The molecule has 1 N–H and O–H groups in total. The molecule has 0 aliphatic carbocycles. The first-order valence-corrected chi connectivity index (χ1v) is 11.8. The van der Waals surface area contributed by atoms with Gasteiger partial charge in [-0.3, -0.25) is 9.25 Å². The number of rotatable bonds is 4. The van der Waals surface area contributed by atoms with E-state index in [0.29, 0.717) is 30.8 Å². The Balaban J connectivity index is 1.41. The van der Waals surface area contributed by atoms with Gasteiger partial charge in [0, 0.05) is 48.2 Å². The van der Waals surface area contributed by atoms with Crippen molar-refractivity contribution in [3.05, 3.63) is 54.6 Å². The van der Waals surface area contributed by atoms with Crippen molar-refractivity contribution in [3.8, 4) is 23.1 Å². The van der Waals surface area contributed by atoms with E-state index in [4.69, 9.17) is 19.8 Å². The van der Waals surface area contributed by atoms with Crippen molar-refractivity contribution in [2.45, 2.75) is 18.9 Å². The number of aromatic nitrogens is 5. The predicted molar refractivity (Wildman–Crippen MR) is 129 cm³/mol. The topological polar surface area (TPSA) is 96.8 Å². The number of anilines is 1. The Hall–Kier alpha value is -3.74. The Bertz CT molecular complexity index is 1360. The van der Waals surface area contributed by atoms with Gasteiger partial charge in [-0.25, -0.2) is 4.98 Å². The third-order valence-electron chi connectivity index (χ3n) is 6.70. The molecule has 6 rings (SSSR count). The lowest BCUT2D eigenvalue weighted by atomic mass is 10.1. The second-order valence-corrected chi connectivity index (χ2v) is 8.77. The van der Waals surface area contributed by atoms with Gasteiger partial charge in [-0.1, -0.05) is 0 Å². The first-order chi connectivity index (χ1) is 16.8. The van der Waals surface area contributed by atoms with Crippen molar-refractivity contribution < 1.29 is 4.74 Å². The van der Waals surface area contributed by atoms with Crippen LogP contribution in [0.15, 0.2) is 49.1 Å². The molecule has 0 spiro atoms. The highest BCUT2D eigenvalue weighted by molar-refractivity contribution is 5.83. The maximum absolute atomic E-state index is 9.22. The van der Waals surface area contributed by atoms with Gasteiger partial charge in [0.05, 0.1) is 42.6 Å². The number of nitrogens with zero attached hydrogens (tertiary/aromatic N) is 7. The van der Waals surface area contributed by atoms with Crippen LogP contribution in [0.4, 0.5) is 5.82 Å². The molecule has 1 aromatic carbocycles. The molecule has 0 radical (unpaired) electrons. The number of hydrogen-bond acceptors (Lipinski definition) is 7. The number of ether oxygens (including phenoxy) is 1. The number of morpholine rings is 1. The van der Waals surface area contributed by atoms with Crippen molar-refractivity contribution in [1.82, 2.24) is 29.6 Å². The van der Waals surface area contributed by atoms with E-state index in [0.717, 1.165) is 66.9 Å². The predicted octanol–water partition coefficient (Wildman–Crippen LogP) is 2.92. The maximum Gasteiger partial charge on any atom is 0.236 e. The number of nitrogens with one attached hydrogen (secondary N) is 1. The fraction of sp³-hybridized carbons (Fsp3) is 0.360. The van der Waals surface area contributed by atoms with Crippen LogP contribution in [0.1, 0.15) is 24.4 Å². The van der Waals surface area contributed by atoms with Crippen LogP contribution in [-0.2, 0) is 4.74 Å². The van der Waals surface area contributed by atoms with Crippen molar-refractivity contribution in [3.63, 3.8) is 0 Å². The minimum absolute atomic E-state index is 0.423. The summed E-state index contributed by atoms with van der Waals surface area (Å²) >= 11 is 0. The fourth-order valence-corrected chi connectivity index (χ4v) is 4.83. The van der Waals surface area contributed by atoms with Crippen molar-refractivity contribution >= 4 is 16.7 Å². The van der Waals surface area contributed by atoms with Gasteiger partial charge in [-0.05, 0) is 50.2 Å². The third-order valence-corrected chi connectivity index (χ3v) is 6.70. The second kappa shape index (κ2) is 8.89. The van der Waals surface area contributed by atoms with Gasteiger partial charge in [0.25, 0.3) is 0 Å². The smallest absolute Gasteiger partial charge is 0.236 e. The van der Waals surface area contributed by atoms with Crippen LogP contribution < -0.4 is 10.2 Å². The normalized spacial score (nSPS) is 17.2. The summed E-state index contributed by atoms with van der Waals surface area (Å²) in [4.78, 5) is 12.1. The largest absolute Gasteiger partial charge is 0.378 e. The van der Waals surface area contributed by atoms with Gasteiger partial charge in [-0.2, -0.15) is 15.3 Å². The van der Waals surface area contributed by atoms with Gasteiger partial charge in [0.1, 0.15) is 5.82 Å². The Labute approximate surface area is 197 Å². The number of piperidine rings is 1. The highest BCUT2D eigenvalue weighted by Gasteiger charge is 2.22. The quantitative estimate of drug-likeness (QED) is 0.506. The number of hydrogen-bond donors (Lipinski definition) is 1. The molecule has 5 heterocycles. The lowest BCUT2D eigenvalue weighted by Gasteiger charge is -2.29. The van der Waals surface area contributed by atoms with Crippen LogP contribution in [0, 0.1) is 11.3 Å². The summed E-state index contributed by atoms with van der Waals surface area (Å²) in [6.45, 7) is 4.97. The molecular formula is C25H26N8O. The summed E-state index contributed by atoms with van der Waals surface area (Å²) in [6.07, 6.45) is 10.1. The molecule has 0 unspecified atom stereocenters. The summed E-state index contributed by atoms with van der Waals surface area (Å²) in [5, 5.41) is 18.3. The highest BCUT2D eigenvalue weighted by atomic mass is 16.5. The zero-order valence-corrected chi connectivity index (χ0v) is 18.9. The molecule has 2 aliphatic heterocycles. The van der Waals surface area contributed by atoms with Crippen molar-refractivity contribution in [2.24, 2.45) is 0 Å². The van der Waals surface area contributed by atoms with E-state index in [1.54, 1.807) is 0 Å². The monoisotopic (exact) mass is 454 g/mol. The molecule has 0 atom stereocenters. The standard InChI is InChI=1S/C25H26N8O/c26-14-18-1-2-23-19(13-18)5-8-32(23)25-28-16-22(24(30-25)31-9-11-34-12-10-31)20-15-29-33(17-20)21-3-6-27-7-4-21/h1-2,5,8,13,15-17,21,27H,3-4,6-7,9-12H2. The number of nitriles is 1. The lowest BCUT2D eigenvalue weighted by molar-refractivity contribution is 0.122. The molecule has 9 heteroatoms. The van der Waals surface area contributed by atoms with Crippen LogP contribution in [-0.4, -0.2) is 63.7 Å². The molecule has 0 bridgehead atoms. The van der Waals surface area contributed by atoms with E-state index >= 15 is 0 Å². The highest BCUT2D eigenvalue weighted by Crippen LogP contribution is 2.32. The first kappa shape index (κ1) is 20.8. The average molecular weight is 455 g/mol. The van der Waals surface area contributed by atoms with Gasteiger partial charge in [0.15, 0.2) is 0 Å². The molecule has 3 aromatic heterocycles. The van der Waals surface area contributed by atoms with Crippen LogP contribution in [0.3, 0.4) is 0 Å². The van der Waals surface area contributed by atoms with Crippen LogP contribution in [0.25, 0.3) is 28.0 Å². The molecule has 0 amide bonds. The zero-order chi connectivity index (χ0) is 22.9. The van der Waals surface area contributed by atoms with Gasteiger partial charge < -0.3 is 15.0 Å². The Kier molecular flexibility index (Phi) is 5.45. The summed E-state index contributed by atoms with van der Waals surface area (Å²) in [6, 6.07) is 10.3. The minimum atomic E-state index is 0.423. The van der Waals surface area contributed by atoms with Crippen molar-refractivity contribution in [2.75, 3.05) is 44.3 Å². The molecule has 34 heavy (non-hydrogen) atoms. The summed E-state index contributed by atoms with van der Waals surface area (Å²) < 4.78 is 9.66. The maximum atomic E-state index is 9.22. The van der Waals surface area contributed by atoms with Gasteiger partial charge in [0.2, 0.25) is 5.95 Å². The van der Waals surface area contributed by atoms with Gasteiger partial charge >= 0.3 is 0 Å². The first-order valence-electron chi connectivity index (χ1n) is 11.8. The SMILES string of the molecule is N#Cc1ccc2c(ccn2-c2ncc(-c3cnn(C4CCNCC4)c3)c(N3CCOCC3)n2)c1. The molecule has 2 aliphatic rings. The minimum Gasteiger partial charge on any atom is -0.378 e. The molecule has 2 saturated heterocycles. The van der Waals surface area contributed by atoms with Crippen LogP contribution >= 0.6 is 0 Å². The molecular weight excluding hydrogens is 428 g/mol. The molecule has 9 nitrogen and oxygen atoms in total. The molecule has 4 aromatic rings. The van der Waals surface area contributed by atoms with E-state index in [9.17, 15) is 5.26 Å². The van der Waals surface area contributed by atoms with E-state index in [1.165, 1.54) is 0 Å². The van der Waals surface area contributed by atoms with Crippen molar-refractivity contribution in [1.29, 1.82) is 5.26 Å². The summed E-state index contributed by atoms with van der Waals surface area (Å²) in [5.74, 6) is 1.50. The second-order valence-electron chi connectivity index (χ2n) is 8.77. The van der Waals surface area contributed by atoms with Gasteiger partial charge in [-0.15, -0.1) is 0 Å². The van der Waals surface area contributed by atoms with E-state index in [2.05, 4.69) is 27.2 Å². The lowest BCUT2D eigenvalue weighted by Crippen LogP contribution is -2.37. The molecule has 172 valence electrons. The molecule has 2 fully saturated rings. The Morgan fingerprint density at radius 1 is 1.09 bits per heavy atom. The zero-order valence-electron chi connectivity index (χ0n) is 18.9. The number of benzene rings is 1. The Morgan fingerprint density at radius 3 is 2.76 bits per heavy atom. The van der Waals surface area contributed by atoms with E-state index in [1.807, 2.05) is 47.4 Å².